The van der Waals surface area contributed by atoms with Crippen molar-refractivity contribution in [3.05, 3.63) is 52.7 Å². The summed E-state index contributed by atoms with van der Waals surface area (Å²) >= 11 is 5.90. The maximum Gasteiger partial charge on any atom is 0.253 e. The van der Waals surface area contributed by atoms with Crippen molar-refractivity contribution >= 4 is 39.0 Å². The van der Waals surface area contributed by atoms with Gasteiger partial charge in [-0.25, -0.2) is 13.4 Å². The quantitative estimate of drug-likeness (QED) is 0.741. The van der Waals surface area contributed by atoms with Gasteiger partial charge in [-0.1, -0.05) is 11.6 Å². The van der Waals surface area contributed by atoms with Crippen LogP contribution in [0.5, 0.6) is 0 Å². The first-order valence-electron chi connectivity index (χ1n) is 9.52. The number of nitrogens with zero attached hydrogens (tertiary/aromatic N) is 4. The van der Waals surface area contributed by atoms with Crippen LogP contribution in [0.3, 0.4) is 0 Å². The number of rotatable bonds is 3. The van der Waals surface area contributed by atoms with E-state index >= 15 is 0 Å². The minimum absolute atomic E-state index is 0.0260. The van der Waals surface area contributed by atoms with Gasteiger partial charge in [-0.05, 0) is 49.2 Å². The van der Waals surface area contributed by atoms with E-state index in [-0.39, 0.29) is 11.9 Å². The van der Waals surface area contributed by atoms with E-state index < -0.39 is 10.0 Å². The zero-order valence-electron chi connectivity index (χ0n) is 16.4. The van der Waals surface area contributed by atoms with Gasteiger partial charge in [0.25, 0.3) is 5.91 Å². The molecule has 4 rings (SSSR count). The number of carbonyl (C=O) groups excluding carboxylic acids is 1. The average Bonchev–Trinajstić information content (AvgIpc) is 3.03. The van der Waals surface area contributed by atoms with Crippen molar-refractivity contribution in [1.82, 2.24) is 9.88 Å². The molecule has 3 heterocycles. The van der Waals surface area contributed by atoms with Gasteiger partial charge < -0.3 is 9.80 Å². The molecule has 2 aliphatic rings. The van der Waals surface area contributed by atoms with Crippen molar-refractivity contribution in [1.29, 1.82) is 0 Å². The van der Waals surface area contributed by atoms with Crippen molar-refractivity contribution in [3.63, 3.8) is 0 Å². The molecule has 0 bridgehead atoms. The monoisotopic (exact) mass is 434 g/mol. The predicted octanol–water partition coefficient (Wildman–Crippen LogP) is 2.41. The summed E-state index contributed by atoms with van der Waals surface area (Å²) in [5, 5.41) is 0.600. The molecule has 2 aromatic rings. The highest BCUT2D eigenvalue weighted by molar-refractivity contribution is 7.92. The second kappa shape index (κ2) is 7.50. The molecule has 1 amide bonds. The maximum atomic E-state index is 13.0. The third kappa shape index (κ3) is 3.91. The molecule has 29 heavy (non-hydrogen) atoms. The zero-order valence-corrected chi connectivity index (χ0v) is 17.9. The third-order valence-electron chi connectivity index (χ3n) is 5.44. The van der Waals surface area contributed by atoms with Gasteiger partial charge in [-0.3, -0.25) is 9.10 Å². The molecule has 2 aliphatic heterocycles. The largest absolute Gasteiger partial charge is 0.353 e. The molecular weight excluding hydrogens is 412 g/mol. The van der Waals surface area contributed by atoms with Gasteiger partial charge in [0.15, 0.2) is 0 Å². The molecule has 9 heteroatoms. The predicted molar refractivity (Wildman–Crippen MR) is 114 cm³/mol. The second-order valence-corrected chi connectivity index (χ2v) is 9.87. The SMILES string of the molecule is CC1Cc2cc(C(=O)N3CCN(c4ccc(Cl)cn4)CC3)ccc2N1S(C)(=O)=O. The van der Waals surface area contributed by atoms with E-state index in [2.05, 4.69) is 9.88 Å². The van der Waals surface area contributed by atoms with Crippen molar-refractivity contribution < 1.29 is 13.2 Å². The molecule has 0 spiro atoms. The molecule has 0 N–H and O–H groups in total. The van der Waals surface area contributed by atoms with Gasteiger partial charge in [-0.15, -0.1) is 0 Å². The van der Waals surface area contributed by atoms with Gasteiger partial charge in [0, 0.05) is 44.0 Å². The molecule has 1 saturated heterocycles. The summed E-state index contributed by atoms with van der Waals surface area (Å²) < 4.78 is 25.6. The highest BCUT2D eigenvalue weighted by Crippen LogP contribution is 2.35. The molecule has 1 unspecified atom stereocenters. The third-order valence-corrected chi connectivity index (χ3v) is 6.93. The van der Waals surface area contributed by atoms with Gasteiger partial charge in [0.05, 0.1) is 17.0 Å². The molecule has 1 atom stereocenters. The van der Waals surface area contributed by atoms with Crippen LogP contribution in [0.4, 0.5) is 11.5 Å². The number of aromatic nitrogens is 1. The van der Waals surface area contributed by atoms with E-state index in [1.54, 1.807) is 18.3 Å². The summed E-state index contributed by atoms with van der Waals surface area (Å²) in [6.07, 6.45) is 3.45. The fourth-order valence-electron chi connectivity index (χ4n) is 4.12. The van der Waals surface area contributed by atoms with E-state index in [1.807, 2.05) is 30.0 Å². The van der Waals surface area contributed by atoms with Crippen molar-refractivity contribution in [3.8, 4) is 0 Å². The molecule has 1 aromatic carbocycles. The highest BCUT2D eigenvalue weighted by Gasteiger charge is 2.33. The first-order valence-corrected chi connectivity index (χ1v) is 11.7. The van der Waals surface area contributed by atoms with Crippen LogP contribution in [0.25, 0.3) is 0 Å². The summed E-state index contributed by atoms with van der Waals surface area (Å²) in [5.74, 6) is 0.829. The van der Waals surface area contributed by atoms with Crippen LogP contribution in [0.2, 0.25) is 5.02 Å². The summed E-state index contributed by atoms with van der Waals surface area (Å²) in [6.45, 7) is 4.49. The number of fused-ring (bicyclic) bond motifs is 1. The average molecular weight is 435 g/mol. The fourth-order valence-corrected chi connectivity index (χ4v) is 5.49. The molecule has 1 aromatic heterocycles. The smallest absolute Gasteiger partial charge is 0.253 e. The Hall–Kier alpha value is -2.32. The van der Waals surface area contributed by atoms with Crippen molar-refractivity contribution in [2.45, 2.75) is 19.4 Å². The lowest BCUT2D eigenvalue weighted by Gasteiger charge is -2.35. The van der Waals surface area contributed by atoms with Crippen molar-refractivity contribution in [2.75, 3.05) is 41.6 Å². The maximum absolute atomic E-state index is 13.0. The minimum atomic E-state index is -3.34. The number of hydrogen-bond acceptors (Lipinski definition) is 5. The van der Waals surface area contributed by atoms with Gasteiger partial charge in [0.2, 0.25) is 10.0 Å². The van der Waals surface area contributed by atoms with Crippen LogP contribution in [0.1, 0.15) is 22.8 Å². The lowest BCUT2D eigenvalue weighted by molar-refractivity contribution is 0.0746. The number of sulfonamides is 1. The first-order chi connectivity index (χ1) is 13.7. The van der Waals surface area contributed by atoms with Gasteiger partial charge in [-0.2, -0.15) is 0 Å². The standard InChI is InChI=1S/C20H23ClN4O3S/c1-14-11-16-12-15(3-5-18(16)25(14)29(2,27)28)20(26)24-9-7-23(8-10-24)19-6-4-17(21)13-22-19/h3-6,12-14H,7-11H2,1-2H3. The lowest BCUT2D eigenvalue weighted by atomic mass is 10.1. The summed E-state index contributed by atoms with van der Waals surface area (Å²) in [7, 11) is -3.34. The number of pyridine rings is 1. The van der Waals surface area contributed by atoms with Gasteiger partial charge >= 0.3 is 0 Å². The Morgan fingerprint density at radius 2 is 1.86 bits per heavy atom. The summed E-state index contributed by atoms with van der Waals surface area (Å²) in [4.78, 5) is 21.3. The number of carbonyl (C=O) groups is 1. The van der Waals surface area contributed by atoms with E-state index in [4.69, 9.17) is 11.6 Å². The molecule has 154 valence electrons. The Morgan fingerprint density at radius 3 is 2.48 bits per heavy atom. The van der Waals surface area contributed by atoms with Crippen LogP contribution in [-0.4, -0.2) is 62.7 Å². The Bertz CT molecular complexity index is 1030. The molecule has 0 saturated carbocycles. The van der Waals surface area contributed by atoms with E-state index in [0.717, 1.165) is 11.4 Å². The van der Waals surface area contributed by atoms with E-state index in [9.17, 15) is 13.2 Å². The van der Waals surface area contributed by atoms with Crippen LogP contribution in [0.15, 0.2) is 36.5 Å². The first kappa shape index (κ1) is 20.0. The normalized spacial score (nSPS) is 19.4. The highest BCUT2D eigenvalue weighted by atomic mass is 35.5. The minimum Gasteiger partial charge on any atom is -0.353 e. The zero-order chi connectivity index (χ0) is 20.8. The van der Waals surface area contributed by atoms with Crippen molar-refractivity contribution in [2.24, 2.45) is 0 Å². The molecule has 7 nitrogen and oxygen atoms in total. The number of amides is 1. The topological polar surface area (TPSA) is 73.8 Å². The van der Waals surface area contributed by atoms with Crippen LogP contribution >= 0.6 is 11.6 Å². The number of benzene rings is 1. The number of halogens is 1. The summed E-state index contributed by atoms with van der Waals surface area (Å²) in [6, 6.07) is 8.88. The van der Waals surface area contributed by atoms with Crippen LogP contribution < -0.4 is 9.21 Å². The molecule has 1 fully saturated rings. The summed E-state index contributed by atoms with van der Waals surface area (Å²) in [5.41, 5.74) is 2.18. The van der Waals surface area contributed by atoms with Gasteiger partial charge in [0.1, 0.15) is 5.82 Å². The second-order valence-electron chi connectivity index (χ2n) is 7.57. The number of hydrogen-bond donors (Lipinski definition) is 0. The Labute approximate surface area is 175 Å². The Morgan fingerprint density at radius 1 is 1.14 bits per heavy atom. The van der Waals surface area contributed by atoms with E-state index in [1.165, 1.54) is 10.6 Å². The van der Waals surface area contributed by atoms with E-state index in [0.29, 0.717) is 48.9 Å². The Kier molecular flexibility index (Phi) is 5.16. The molecular formula is C20H23ClN4O3S. The molecule has 0 aliphatic carbocycles. The lowest BCUT2D eigenvalue weighted by Crippen LogP contribution is -2.49. The van der Waals surface area contributed by atoms with Crippen LogP contribution in [0, 0.1) is 0 Å². The molecule has 0 radical (unpaired) electrons. The fraction of sp³-hybridized carbons (Fsp3) is 0.400. The number of anilines is 2. The number of piperazine rings is 1. The van der Waals surface area contributed by atoms with Crippen LogP contribution in [-0.2, 0) is 16.4 Å². The Balaban J connectivity index is 1.46.